The first-order chi connectivity index (χ1) is 6.79. The van der Waals surface area contributed by atoms with Gasteiger partial charge in [-0.05, 0) is 25.3 Å². The van der Waals surface area contributed by atoms with E-state index in [9.17, 15) is 0 Å². The lowest BCUT2D eigenvalue weighted by Crippen LogP contribution is -1.97. The van der Waals surface area contributed by atoms with Crippen LogP contribution in [-0.2, 0) is 0 Å². The monoisotopic (exact) mass is 206 g/mol. The van der Waals surface area contributed by atoms with Gasteiger partial charge in [0.25, 0.3) is 0 Å². The summed E-state index contributed by atoms with van der Waals surface area (Å²) < 4.78 is 0. The summed E-state index contributed by atoms with van der Waals surface area (Å²) in [6, 6.07) is 0. The second-order valence-electron chi connectivity index (χ2n) is 3.30. The molecule has 0 unspecified atom stereocenters. The second kappa shape index (κ2) is 3.93. The molecule has 0 fully saturated rings. The lowest BCUT2D eigenvalue weighted by molar-refractivity contribution is 1.01. The molecule has 72 valence electrons. The zero-order valence-electron chi connectivity index (χ0n) is 8.00. The molecule has 3 heteroatoms. The van der Waals surface area contributed by atoms with Crippen LogP contribution in [0.1, 0.15) is 24.1 Å². The van der Waals surface area contributed by atoms with Crippen molar-refractivity contribution in [1.82, 2.24) is 9.97 Å². The lowest BCUT2D eigenvalue weighted by atomic mass is 9.99. The van der Waals surface area contributed by atoms with Crippen molar-refractivity contribution in [2.45, 2.75) is 19.8 Å². The highest BCUT2D eigenvalue weighted by Crippen LogP contribution is 2.26. The molecule has 0 N–H and O–H groups in total. The zero-order valence-corrected chi connectivity index (χ0v) is 8.75. The fourth-order valence-electron chi connectivity index (χ4n) is 1.55. The Hall–Kier alpha value is -1.15. The van der Waals surface area contributed by atoms with Crippen molar-refractivity contribution >= 4 is 17.2 Å². The Balaban J connectivity index is 2.45. The molecule has 1 aliphatic rings. The molecule has 1 aromatic heterocycles. The van der Waals surface area contributed by atoms with Crippen LogP contribution in [0.2, 0.25) is 5.15 Å². The molecule has 2 nitrogen and oxygen atoms in total. The molecule has 14 heavy (non-hydrogen) atoms. The Morgan fingerprint density at radius 1 is 1.36 bits per heavy atom. The van der Waals surface area contributed by atoms with Crippen molar-refractivity contribution in [2.24, 2.45) is 0 Å². The molecule has 0 aliphatic heterocycles. The number of nitrogens with zero attached hydrogens (tertiary/aromatic N) is 2. The first-order valence-electron chi connectivity index (χ1n) is 4.62. The van der Waals surface area contributed by atoms with Gasteiger partial charge in [0.15, 0.2) is 0 Å². The van der Waals surface area contributed by atoms with Gasteiger partial charge < -0.3 is 0 Å². The van der Waals surface area contributed by atoms with Crippen molar-refractivity contribution < 1.29 is 0 Å². The van der Waals surface area contributed by atoms with E-state index < -0.39 is 0 Å². The summed E-state index contributed by atoms with van der Waals surface area (Å²) in [5.74, 6) is 0. The quantitative estimate of drug-likeness (QED) is 0.660. The first-order valence-corrected chi connectivity index (χ1v) is 5.00. The molecule has 0 atom stereocenters. The Kier molecular flexibility index (Phi) is 2.64. The molecular weight excluding hydrogens is 196 g/mol. The van der Waals surface area contributed by atoms with Gasteiger partial charge in [0.1, 0.15) is 11.5 Å². The first kappa shape index (κ1) is 9.41. The minimum absolute atomic E-state index is 0.547. The number of aromatic nitrogens is 2. The predicted octanol–water partition coefficient (Wildman–Crippen LogP) is 3.17. The van der Waals surface area contributed by atoms with Crippen molar-refractivity contribution in [2.75, 3.05) is 0 Å². The third kappa shape index (κ3) is 1.70. The Labute approximate surface area is 88.3 Å². The molecule has 0 aromatic carbocycles. The van der Waals surface area contributed by atoms with E-state index in [-0.39, 0.29) is 0 Å². The van der Waals surface area contributed by atoms with E-state index in [0.717, 1.165) is 24.1 Å². The van der Waals surface area contributed by atoms with E-state index in [1.807, 2.05) is 6.92 Å². The molecule has 1 aliphatic carbocycles. The van der Waals surface area contributed by atoms with Crippen LogP contribution >= 0.6 is 11.6 Å². The highest BCUT2D eigenvalue weighted by Gasteiger charge is 2.10. The molecule has 1 aromatic rings. The smallest absolute Gasteiger partial charge is 0.135 e. The molecule has 0 saturated heterocycles. The van der Waals surface area contributed by atoms with E-state index in [1.165, 1.54) is 11.9 Å². The number of hydrogen-bond donors (Lipinski definition) is 0. The molecule has 0 saturated carbocycles. The summed E-state index contributed by atoms with van der Waals surface area (Å²) in [6.07, 6.45) is 9.94. The van der Waals surface area contributed by atoms with Gasteiger partial charge >= 0.3 is 0 Å². The van der Waals surface area contributed by atoms with E-state index in [2.05, 4.69) is 28.2 Å². The fraction of sp³-hybridized carbons (Fsp3) is 0.273. The molecule has 0 amide bonds. The summed E-state index contributed by atoms with van der Waals surface area (Å²) >= 11 is 5.94. The average molecular weight is 207 g/mol. The molecule has 0 radical (unpaired) electrons. The van der Waals surface area contributed by atoms with Crippen LogP contribution < -0.4 is 0 Å². The highest BCUT2D eigenvalue weighted by atomic mass is 35.5. The van der Waals surface area contributed by atoms with E-state index >= 15 is 0 Å². The number of allylic oxidation sites excluding steroid dienone is 4. The van der Waals surface area contributed by atoms with Gasteiger partial charge in [-0.2, -0.15) is 0 Å². The predicted molar refractivity (Wildman–Crippen MR) is 58.1 cm³/mol. The average Bonchev–Trinajstić information content (AvgIpc) is 2.23. The maximum Gasteiger partial charge on any atom is 0.135 e. The summed E-state index contributed by atoms with van der Waals surface area (Å²) in [5, 5.41) is 0.547. The van der Waals surface area contributed by atoms with Crippen molar-refractivity contribution in [1.29, 1.82) is 0 Å². The van der Waals surface area contributed by atoms with Gasteiger partial charge in [0.2, 0.25) is 0 Å². The molecule has 0 spiro atoms. The van der Waals surface area contributed by atoms with Crippen LogP contribution in [0.4, 0.5) is 0 Å². The third-order valence-corrected chi connectivity index (χ3v) is 2.72. The van der Waals surface area contributed by atoms with Crippen LogP contribution in [0.3, 0.4) is 0 Å². The van der Waals surface area contributed by atoms with Crippen LogP contribution in [0.15, 0.2) is 24.6 Å². The minimum atomic E-state index is 0.547. The van der Waals surface area contributed by atoms with Gasteiger partial charge in [0, 0.05) is 5.56 Å². The third-order valence-electron chi connectivity index (χ3n) is 2.34. The highest BCUT2D eigenvalue weighted by molar-refractivity contribution is 6.30. The maximum atomic E-state index is 5.94. The van der Waals surface area contributed by atoms with Crippen LogP contribution in [0.25, 0.3) is 5.57 Å². The van der Waals surface area contributed by atoms with Gasteiger partial charge in [-0.25, -0.2) is 9.97 Å². The zero-order chi connectivity index (χ0) is 9.97. The number of hydrogen-bond acceptors (Lipinski definition) is 2. The lowest BCUT2D eigenvalue weighted by Gasteiger charge is -2.10. The minimum Gasteiger partial charge on any atom is -0.236 e. The fourth-order valence-corrected chi connectivity index (χ4v) is 1.69. The Morgan fingerprint density at radius 2 is 2.21 bits per heavy atom. The van der Waals surface area contributed by atoms with Crippen LogP contribution in [0.5, 0.6) is 0 Å². The van der Waals surface area contributed by atoms with Crippen molar-refractivity contribution in [3.8, 4) is 0 Å². The molecule has 1 heterocycles. The van der Waals surface area contributed by atoms with Crippen molar-refractivity contribution in [3.63, 3.8) is 0 Å². The van der Waals surface area contributed by atoms with Gasteiger partial charge in [-0.1, -0.05) is 29.8 Å². The Bertz CT molecular complexity index is 408. The van der Waals surface area contributed by atoms with Gasteiger partial charge in [0.05, 0.1) is 5.69 Å². The largest absolute Gasteiger partial charge is 0.236 e. The van der Waals surface area contributed by atoms with Crippen molar-refractivity contribution in [3.05, 3.63) is 41.0 Å². The van der Waals surface area contributed by atoms with Gasteiger partial charge in [-0.15, -0.1) is 0 Å². The van der Waals surface area contributed by atoms with E-state index in [0.29, 0.717) is 5.15 Å². The summed E-state index contributed by atoms with van der Waals surface area (Å²) in [6.45, 7) is 1.96. The Morgan fingerprint density at radius 3 is 2.93 bits per heavy atom. The summed E-state index contributed by atoms with van der Waals surface area (Å²) in [5.41, 5.74) is 3.19. The normalized spacial score (nSPS) is 15.4. The van der Waals surface area contributed by atoms with Crippen LogP contribution in [-0.4, -0.2) is 9.97 Å². The molecular formula is C11H11ClN2. The van der Waals surface area contributed by atoms with E-state index in [1.54, 1.807) is 0 Å². The van der Waals surface area contributed by atoms with Crippen LogP contribution in [0, 0.1) is 6.92 Å². The molecule has 0 bridgehead atoms. The SMILES string of the molecule is Cc1c(Cl)ncnc1C1=CC=CCC1. The second-order valence-corrected chi connectivity index (χ2v) is 3.65. The standard InChI is InChI=1S/C11H11ClN2/c1-8-10(13-7-14-11(8)12)9-5-3-2-4-6-9/h2-3,5,7H,4,6H2,1H3. The van der Waals surface area contributed by atoms with E-state index in [4.69, 9.17) is 11.6 Å². The maximum absolute atomic E-state index is 5.94. The molecule has 2 rings (SSSR count). The summed E-state index contributed by atoms with van der Waals surface area (Å²) in [4.78, 5) is 8.21. The number of halogens is 1. The topological polar surface area (TPSA) is 25.8 Å². The summed E-state index contributed by atoms with van der Waals surface area (Å²) in [7, 11) is 0. The van der Waals surface area contributed by atoms with Gasteiger partial charge in [-0.3, -0.25) is 0 Å². The number of rotatable bonds is 1.